The molecule has 0 radical (unpaired) electrons. The minimum Gasteiger partial charge on any atom is -0.480 e. The maximum absolute atomic E-state index is 12.3. The minimum absolute atomic E-state index is 0.0663. The minimum atomic E-state index is -0.951. The van der Waals surface area contributed by atoms with E-state index in [-0.39, 0.29) is 11.9 Å². The number of hydrogen-bond acceptors (Lipinski definition) is 3. The molecule has 0 aromatic heterocycles. The lowest BCUT2D eigenvalue weighted by Gasteiger charge is -2.26. The Morgan fingerprint density at radius 1 is 1.29 bits per heavy atom. The Labute approximate surface area is 126 Å². The van der Waals surface area contributed by atoms with E-state index in [0.717, 1.165) is 39.0 Å². The van der Waals surface area contributed by atoms with Gasteiger partial charge in [0.1, 0.15) is 6.04 Å². The first kappa shape index (κ1) is 16.1. The van der Waals surface area contributed by atoms with Crippen LogP contribution in [0, 0.1) is 5.92 Å². The van der Waals surface area contributed by atoms with Gasteiger partial charge in [-0.2, -0.15) is 0 Å². The molecule has 2 aliphatic heterocycles. The number of amides is 2. The molecule has 120 valence electrons. The second-order valence-corrected chi connectivity index (χ2v) is 6.28. The molecule has 0 spiro atoms. The zero-order valence-corrected chi connectivity index (χ0v) is 13.0. The highest BCUT2D eigenvalue weighted by atomic mass is 16.4. The van der Waals surface area contributed by atoms with Crippen molar-refractivity contribution in [2.24, 2.45) is 5.92 Å². The predicted molar refractivity (Wildman–Crippen MR) is 80.2 cm³/mol. The van der Waals surface area contributed by atoms with E-state index >= 15 is 0 Å². The number of nitrogens with one attached hydrogen (secondary N) is 1. The first-order chi connectivity index (χ1) is 10.0. The van der Waals surface area contributed by atoms with Gasteiger partial charge in [-0.05, 0) is 38.3 Å². The number of rotatable bonds is 5. The molecule has 2 saturated heterocycles. The molecule has 0 saturated carbocycles. The van der Waals surface area contributed by atoms with Crippen LogP contribution in [0.3, 0.4) is 0 Å². The standard InChI is InChI=1S/C15H27N3O3/c1-3-11(2)13(14(19)20)16-15(21)18-9-6-12(10-18)17-7-4-5-8-17/h11-13H,3-10H2,1-2H3,(H,16,21)(H,19,20). The van der Waals surface area contributed by atoms with Gasteiger partial charge in [-0.15, -0.1) is 0 Å². The van der Waals surface area contributed by atoms with Gasteiger partial charge >= 0.3 is 12.0 Å². The third-order valence-corrected chi connectivity index (χ3v) is 4.87. The molecule has 0 aromatic rings. The summed E-state index contributed by atoms with van der Waals surface area (Å²) < 4.78 is 0. The molecule has 2 fully saturated rings. The number of likely N-dealkylation sites (tertiary alicyclic amines) is 2. The van der Waals surface area contributed by atoms with E-state index in [9.17, 15) is 14.7 Å². The van der Waals surface area contributed by atoms with Gasteiger partial charge in [0, 0.05) is 19.1 Å². The van der Waals surface area contributed by atoms with Crippen LogP contribution in [-0.2, 0) is 4.79 Å². The second-order valence-electron chi connectivity index (χ2n) is 6.28. The van der Waals surface area contributed by atoms with Gasteiger partial charge in [0.25, 0.3) is 0 Å². The molecule has 6 nitrogen and oxygen atoms in total. The van der Waals surface area contributed by atoms with E-state index in [1.165, 1.54) is 12.8 Å². The number of carbonyl (C=O) groups excluding carboxylic acids is 1. The van der Waals surface area contributed by atoms with Crippen molar-refractivity contribution in [1.29, 1.82) is 0 Å². The molecule has 2 aliphatic rings. The first-order valence-electron chi connectivity index (χ1n) is 8.05. The zero-order chi connectivity index (χ0) is 15.4. The molecule has 2 rings (SSSR count). The van der Waals surface area contributed by atoms with Crippen molar-refractivity contribution in [1.82, 2.24) is 15.1 Å². The van der Waals surface area contributed by atoms with Crippen molar-refractivity contribution in [2.75, 3.05) is 26.2 Å². The highest BCUT2D eigenvalue weighted by molar-refractivity contribution is 5.83. The molecule has 2 heterocycles. The van der Waals surface area contributed by atoms with E-state index in [4.69, 9.17) is 0 Å². The number of urea groups is 1. The van der Waals surface area contributed by atoms with Crippen molar-refractivity contribution >= 4 is 12.0 Å². The zero-order valence-electron chi connectivity index (χ0n) is 13.0. The predicted octanol–water partition coefficient (Wildman–Crippen LogP) is 1.37. The molecule has 3 unspecified atom stereocenters. The van der Waals surface area contributed by atoms with E-state index in [1.807, 2.05) is 13.8 Å². The number of nitrogens with zero attached hydrogens (tertiary/aromatic N) is 2. The summed E-state index contributed by atoms with van der Waals surface area (Å²) >= 11 is 0. The van der Waals surface area contributed by atoms with Crippen LogP contribution in [0.2, 0.25) is 0 Å². The van der Waals surface area contributed by atoms with Gasteiger partial charge in [-0.1, -0.05) is 20.3 Å². The summed E-state index contributed by atoms with van der Waals surface area (Å²) in [4.78, 5) is 27.8. The maximum Gasteiger partial charge on any atom is 0.326 e. The third kappa shape index (κ3) is 3.87. The lowest BCUT2D eigenvalue weighted by Crippen LogP contribution is -2.50. The Kier molecular flexibility index (Phi) is 5.45. The molecule has 0 aliphatic carbocycles. The van der Waals surface area contributed by atoms with E-state index in [2.05, 4.69) is 10.2 Å². The Hall–Kier alpha value is -1.30. The van der Waals surface area contributed by atoms with Crippen LogP contribution in [0.4, 0.5) is 4.79 Å². The second kappa shape index (κ2) is 7.11. The van der Waals surface area contributed by atoms with Crippen LogP contribution in [0.5, 0.6) is 0 Å². The highest BCUT2D eigenvalue weighted by Crippen LogP contribution is 2.20. The van der Waals surface area contributed by atoms with E-state index in [0.29, 0.717) is 6.04 Å². The molecule has 2 amide bonds. The summed E-state index contributed by atoms with van der Waals surface area (Å²) in [6.45, 7) is 7.50. The summed E-state index contributed by atoms with van der Waals surface area (Å²) in [5, 5.41) is 11.9. The fraction of sp³-hybridized carbons (Fsp3) is 0.867. The molecular weight excluding hydrogens is 270 g/mol. The molecule has 0 aromatic carbocycles. The van der Waals surface area contributed by atoms with Gasteiger partial charge in [0.2, 0.25) is 0 Å². The molecular formula is C15H27N3O3. The number of carboxylic acids is 1. The molecule has 3 atom stereocenters. The molecule has 2 N–H and O–H groups in total. The Balaban J connectivity index is 1.87. The summed E-state index contributed by atoms with van der Waals surface area (Å²) in [7, 11) is 0. The van der Waals surface area contributed by atoms with Gasteiger partial charge in [-0.25, -0.2) is 9.59 Å². The van der Waals surface area contributed by atoms with Crippen molar-refractivity contribution in [3.63, 3.8) is 0 Å². The third-order valence-electron chi connectivity index (χ3n) is 4.87. The average Bonchev–Trinajstić information content (AvgIpc) is 3.12. The van der Waals surface area contributed by atoms with E-state index < -0.39 is 12.0 Å². The lowest BCUT2D eigenvalue weighted by molar-refractivity contribution is -0.140. The Morgan fingerprint density at radius 2 is 1.95 bits per heavy atom. The lowest BCUT2D eigenvalue weighted by atomic mass is 9.99. The van der Waals surface area contributed by atoms with Crippen molar-refractivity contribution < 1.29 is 14.7 Å². The van der Waals surface area contributed by atoms with E-state index in [1.54, 1.807) is 4.90 Å². The number of carbonyl (C=O) groups is 2. The quantitative estimate of drug-likeness (QED) is 0.804. The van der Waals surface area contributed by atoms with Crippen LogP contribution in [0.1, 0.15) is 39.5 Å². The molecule has 6 heteroatoms. The SMILES string of the molecule is CCC(C)C(NC(=O)N1CCC(N2CCCC2)C1)C(=O)O. The van der Waals surface area contributed by atoms with Crippen LogP contribution >= 0.6 is 0 Å². The Morgan fingerprint density at radius 3 is 2.52 bits per heavy atom. The smallest absolute Gasteiger partial charge is 0.326 e. The largest absolute Gasteiger partial charge is 0.480 e. The molecule has 0 bridgehead atoms. The average molecular weight is 297 g/mol. The number of carboxylic acid groups (broad SMARTS) is 1. The van der Waals surface area contributed by atoms with Crippen LogP contribution in [0.15, 0.2) is 0 Å². The highest BCUT2D eigenvalue weighted by Gasteiger charge is 2.33. The van der Waals surface area contributed by atoms with Crippen molar-refractivity contribution in [2.45, 2.75) is 51.6 Å². The maximum atomic E-state index is 12.3. The summed E-state index contributed by atoms with van der Waals surface area (Å²) in [6.07, 6.45) is 4.22. The number of aliphatic carboxylic acids is 1. The van der Waals surface area contributed by atoms with Gasteiger partial charge in [-0.3, -0.25) is 4.90 Å². The van der Waals surface area contributed by atoms with Crippen LogP contribution in [0.25, 0.3) is 0 Å². The van der Waals surface area contributed by atoms with Gasteiger partial charge in [0.15, 0.2) is 0 Å². The topological polar surface area (TPSA) is 72.9 Å². The van der Waals surface area contributed by atoms with Crippen molar-refractivity contribution in [3.05, 3.63) is 0 Å². The van der Waals surface area contributed by atoms with Crippen LogP contribution in [-0.4, -0.2) is 65.2 Å². The van der Waals surface area contributed by atoms with Gasteiger partial charge < -0.3 is 15.3 Å². The molecule has 21 heavy (non-hydrogen) atoms. The normalized spacial score (nSPS) is 25.8. The van der Waals surface area contributed by atoms with Crippen molar-refractivity contribution in [3.8, 4) is 0 Å². The summed E-state index contributed by atoms with van der Waals surface area (Å²) in [5.41, 5.74) is 0. The number of hydrogen-bond donors (Lipinski definition) is 2. The van der Waals surface area contributed by atoms with Crippen LogP contribution < -0.4 is 5.32 Å². The van der Waals surface area contributed by atoms with Gasteiger partial charge in [0.05, 0.1) is 0 Å². The Bertz CT molecular complexity index is 382. The summed E-state index contributed by atoms with van der Waals surface area (Å²) in [5.74, 6) is -1.02. The fourth-order valence-corrected chi connectivity index (χ4v) is 3.24. The monoisotopic (exact) mass is 297 g/mol. The first-order valence-corrected chi connectivity index (χ1v) is 8.05. The summed E-state index contributed by atoms with van der Waals surface area (Å²) in [6, 6.07) is -0.581. The fourth-order valence-electron chi connectivity index (χ4n) is 3.24.